The molecule has 0 saturated carbocycles. The number of aldehydes is 1. The maximum Gasteiger partial charge on any atom is 0.263 e. The minimum atomic E-state index is -4.45. The highest BCUT2D eigenvalue weighted by Crippen LogP contribution is 2.35. The number of carbonyl (C=O) groups is 1. The van der Waals surface area contributed by atoms with Crippen LogP contribution in [0, 0.1) is 11.6 Å². The number of benzene rings is 3. The maximum atomic E-state index is 15.7. The molecule has 0 aliphatic carbocycles. The summed E-state index contributed by atoms with van der Waals surface area (Å²) in [6, 6.07) is 15.5. The molecule has 3 aromatic heterocycles. The van der Waals surface area contributed by atoms with Gasteiger partial charge >= 0.3 is 0 Å². The molecule has 0 atom stereocenters. The van der Waals surface area contributed by atoms with Crippen molar-refractivity contribution in [2.24, 2.45) is 0 Å². The molecule has 11 nitrogen and oxygen atoms in total. The zero-order valence-electron chi connectivity index (χ0n) is 23.7. The highest BCUT2D eigenvalue weighted by Gasteiger charge is 2.25. The third-order valence-corrected chi connectivity index (χ3v) is 11.1. The maximum absolute atomic E-state index is 15.7. The number of para-hydroxylation sites is 1. The first-order valence-electron chi connectivity index (χ1n) is 13.5. The van der Waals surface area contributed by atoms with Gasteiger partial charge in [-0.1, -0.05) is 47.5 Å². The quantitative estimate of drug-likeness (QED) is 0.152. The van der Waals surface area contributed by atoms with Crippen molar-refractivity contribution in [1.29, 1.82) is 0 Å². The number of anilines is 3. The van der Waals surface area contributed by atoms with Crippen LogP contribution in [0.4, 0.5) is 26.0 Å². The van der Waals surface area contributed by atoms with Crippen molar-refractivity contribution >= 4 is 88.5 Å². The van der Waals surface area contributed by atoms with E-state index in [1.54, 1.807) is 36.4 Å². The Morgan fingerprint density at radius 2 is 1.68 bits per heavy atom. The van der Waals surface area contributed by atoms with E-state index in [4.69, 9.17) is 23.2 Å². The molecule has 2 N–H and O–H groups in total. The van der Waals surface area contributed by atoms with Crippen molar-refractivity contribution in [3.05, 3.63) is 101 Å². The summed E-state index contributed by atoms with van der Waals surface area (Å²) in [4.78, 5) is 23.3. The zero-order valence-corrected chi connectivity index (χ0v) is 26.8. The molecule has 0 aliphatic heterocycles. The van der Waals surface area contributed by atoms with Crippen LogP contribution >= 0.6 is 23.2 Å². The fourth-order valence-electron chi connectivity index (χ4n) is 4.81. The fraction of sp³-hybridized carbons (Fsp3) is 0.0667. The Balaban J connectivity index is 1.41. The summed E-state index contributed by atoms with van der Waals surface area (Å²) in [5.41, 5.74) is -0.519. The third-order valence-electron chi connectivity index (χ3n) is 7.01. The second-order valence-electron chi connectivity index (χ2n) is 9.98. The number of halogens is 4. The van der Waals surface area contributed by atoms with Gasteiger partial charge in [-0.25, -0.2) is 40.6 Å². The number of sulfonamides is 1. The van der Waals surface area contributed by atoms with Gasteiger partial charge < -0.3 is 10.1 Å². The number of sulfone groups is 1. The third kappa shape index (κ3) is 6.10. The van der Waals surface area contributed by atoms with E-state index in [1.165, 1.54) is 29.0 Å². The first-order valence-corrected chi connectivity index (χ1v) is 17.4. The molecule has 0 aliphatic rings. The van der Waals surface area contributed by atoms with Gasteiger partial charge in [0.25, 0.3) is 10.0 Å². The predicted octanol–water partition coefficient (Wildman–Crippen LogP) is 6.46. The number of hydrogen-bond donors (Lipinski definition) is 2. The Morgan fingerprint density at radius 1 is 0.894 bits per heavy atom. The number of aromatic nitrogens is 4. The summed E-state index contributed by atoms with van der Waals surface area (Å²) in [6.45, 7) is 0. The van der Waals surface area contributed by atoms with Gasteiger partial charge in [-0.15, -0.1) is 0 Å². The van der Waals surface area contributed by atoms with E-state index in [9.17, 15) is 21.6 Å². The van der Waals surface area contributed by atoms with E-state index in [2.05, 4.69) is 25.0 Å². The van der Waals surface area contributed by atoms with Gasteiger partial charge in [-0.05, 0) is 42.5 Å². The highest BCUT2D eigenvalue weighted by atomic mass is 35.5. The lowest BCUT2D eigenvalue weighted by molar-refractivity contribution is -0.107. The molecule has 6 rings (SSSR count). The predicted molar refractivity (Wildman–Crippen MR) is 174 cm³/mol. The standard InChI is InChI=1S/C30H20Cl2F2N6O5S2/c31-18-6-3-8-23(26(18)32)47(44,45)39-20-10-9-19(33)28(27(20)34)38-30-29-21(35-16-36-30)11-12-25(37-29)40-15-24(46(42,43)14-4-13-41)17-5-1-2-7-22(17)40/h1-3,5-13,15-16,39H,4,14H2,(H,35,36,38). The van der Waals surface area contributed by atoms with Crippen LogP contribution in [-0.4, -0.2) is 48.4 Å². The molecule has 240 valence electrons. The SMILES string of the molecule is O=CCCS(=O)(=O)c1cn(-c2ccc3ncnc(Nc4c(F)ccc(NS(=O)(=O)c5cccc(Cl)c5Cl)c4F)c3n2)c2ccccc12. The van der Waals surface area contributed by atoms with E-state index >= 15 is 8.78 Å². The Morgan fingerprint density at radius 3 is 2.47 bits per heavy atom. The number of fused-ring (bicyclic) bond motifs is 2. The van der Waals surface area contributed by atoms with Gasteiger partial charge in [-0.3, -0.25) is 9.29 Å². The van der Waals surface area contributed by atoms with Crippen molar-refractivity contribution in [1.82, 2.24) is 19.5 Å². The van der Waals surface area contributed by atoms with E-state index in [0.29, 0.717) is 17.2 Å². The zero-order chi connectivity index (χ0) is 33.5. The Bertz CT molecular complexity index is 2440. The summed E-state index contributed by atoms with van der Waals surface area (Å²) in [7, 11) is -8.29. The largest absolute Gasteiger partial charge is 0.333 e. The number of rotatable bonds is 10. The molecule has 17 heteroatoms. The molecular weight excluding hydrogens is 697 g/mol. The van der Waals surface area contributed by atoms with E-state index in [0.717, 1.165) is 18.5 Å². The van der Waals surface area contributed by atoms with E-state index in [1.807, 2.05) is 0 Å². The van der Waals surface area contributed by atoms with Gasteiger partial charge in [0.2, 0.25) is 0 Å². The van der Waals surface area contributed by atoms with Crippen molar-refractivity contribution in [3.63, 3.8) is 0 Å². The Hall–Kier alpha value is -4.70. The lowest BCUT2D eigenvalue weighted by atomic mass is 10.2. The monoisotopic (exact) mass is 716 g/mol. The molecule has 0 amide bonds. The summed E-state index contributed by atoms with van der Waals surface area (Å²) < 4.78 is 86.5. The minimum absolute atomic E-state index is 0.00183. The van der Waals surface area contributed by atoms with Crippen LogP contribution in [0.5, 0.6) is 0 Å². The number of carbonyl (C=O) groups excluding carboxylic acids is 1. The summed E-state index contributed by atoms with van der Waals surface area (Å²) in [5, 5.41) is 2.64. The number of nitrogens with zero attached hydrogens (tertiary/aromatic N) is 4. The van der Waals surface area contributed by atoms with E-state index < -0.39 is 47.8 Å². The first kappa shape index (κ1) is 32.2. The minimum Gasteiger partial charge on any atom is -0.333 e. The van der Waals surface area contributed by atoms with Crippen LogP contribution in [0.2, 0.25) is 10.0 Å². The molecule has 6 aromatic rings. The van der Waals surface area contributed by atoms with Crippen LogP contribution in [-0.2, 0) is 24.7 Å². The van der Waals surface area contributed by atoms with Gasteiger partial charge in [0.05, 0.1) is 37.4 Å². The Kier molecular flexibility index (Phi) is 8.57. The smallest absolute Gasteiger partial charge is 0.263 e. The fourth-order valence-corrected chi connectivity index (χ4v) is 8.03. The lowest BCUT2D eigenvalue weighted by Crippen LogP contribution is -2.15. The van der Waals surface area contributed by atoms with Crippen molar-refractivity contribution in [3.8, 4) is 5.82 Å². The lowest BCUT2D eigenvalue weighted by Gasteiger charge is -2.15. The van der Waals surface area contributed by atoms with Crippen molar-refractivity contribution in [2.45, 2.75) is 16.2 Å². The van der Waals surface area contributed by atoms with Gasteiger partial charge in [0, 0.05) is 18.0 Å². The van der Waals surface area contributed by atoms with Crippen LogP contribution in [0.25, 0.3) is 27.8 Å². The second-order valence-corrected chi connectivity index (χ2v) is 14.5. The molecule has 0 radical (unpaired) electrons. The second kappa shape index (κ2) is 12.5. The number of hydrogen-bond acceptors (Lipinski definition) is 9. The van der Waals surface area contributed by atoms with Gasteiger partial charge in [-0.2, -0.15) is 0 Å². The van der Waals surface area contributed by atoms with Crippen LogP contribution in [0.3, 0.4) is 0 Å². The average Bonchev–Trinajstić information content (AvgIpc) is 3.45. The summed E-state index contributed by atoms with van der Waals surface area (Å²) in [5.74, 6) is -2.66. The van der Waals surface area contributed by atoms with Crippen LogP contribution in [0.15, 0.2) is 89.0 Å². The highest BCUT2D eigenvalue weighted by molar-refractivity contribution is 7.93. The molecular formula is C30H20Cl2F2N6O5S2. The number of pyridine rings is 1. The summed E-state index contributed by atoms with van der Waals surface area (Å²) >= 11 is 12.0. The summed E-state index contributed by atoms with van der Waals surface area (Å²) in [6.07, 6.45) is 2.88. The van der Waals surface area contributed by atoms with Crippen LogP contribution < -0.4 is 10.0 Å². The van der Waals surface area contributed by atoms with Crippen LogP contribution in [0.1, 0.15) is 6.42 Å². The molecule has 3 heterocycles. The average molecular weight is 718 g/mol. The molecule has 0 fully saturated rings. The molecule has 0 unspecified atom stereocenters. The van der Waals surface area contributed by atoms with Gasteiger partial charge in [0.15, 0.2) is 21.5 Å². The Labute approximate surface area is 276 Å². The van der Waals surface area contributed by atoms with E-state index in [-0.39, 0.29) is 49.8 Å². The first-order chi connectivity index (χ1) is 22.4. The van der Waals surface area contributed by atoms with Gasteiger partial charge in [0.1, 0.15) is 40.3 Å². The topological polar surface area (TPSA) is 153 Å². The molecule has 3 aromatic carbocycles. The number of nitrogens with one attached hydrogen (secondary N) is 2. The van der Waals surface area contributed by atoms with Crippen molar-refractivity contribution in [2.75, 3.05) is 15.8 Å². The van der Waals surface area contributed by atoms with Crippen molar-refractivity contribution < 1.29 is 30.4 Å². The molecule has 47 heavy (non-hydrogen) atoms. The molecule has 0 spiro atoms. The molecule has 0 saturated heterocycles. The normalized spacial score (nSPS) is 12.0. The molecule has 0 bridgehead atoms.